The summed E-state index contributed by atoms with van der Waals surface area (Å²) >= 11 is 0. The molecule has 0 unspecified atom stereocenters. The monoisotopic (exact) mass is 488 g/mol. The van der Waals surface area contributed by atoms with E-state index in [0.717, 1.165) is 5.01 Å². The predicted molar refractivity (Wildman–Crippen MR) is 122 cm³/mol. The molecule has 11 nitrogen and oxygen atoms in total. The number of hydrogen-bond donors (Lipinski definition) is 2. The summed E-state index contributed by atoms with van der Waals surface area (Å²) in [5.74, 6) is -0.810. The van der Waals surface area contributed by atoms with Crippen LogP contribution in [0.3, 0.4) is 0 Å². The molecule has 2 aromatic carbocycles. The van der Waals surface area contributed by atoms with Gasteiger partial charge >= 0.3 is 0 Å². The van der Waals surface area contributed by atoms with Crippen molar-refractivity contribution in [2.24, 2.45) is 0 Å². The Morgan fingerprint density at radius 1 is 1.06 bits per heavy atom. The van der Waals surface area contributed by atoms with Gasteiger partial charge in [0.2, 0.25) is 21.8 Å². The number of carbonyl (C=O) groups is 3. The van der Waals surface area contributed by atoms with Crippen LogP contribution in [0.2, 0.25) is 0 Å². The van der Waals surface area contributed by atoms with Gasteiger partial charge in [-0.3, -0.25) is 19.8 Å². The SMILES string of the molecule is COc1ccc(NC(=O)c2ccc(N3NC(=O)CCC3=O)cc2)cc1S(=O)(=O)N1CCOCC1. The van der Waals surface area contributed by atoms with Crippen LogP contribution in [0, 0.1) is 0 Å². The van der Waals surface area contributed by atoms with Gasteiger partial charge in [-0.05, 0) is 42.5 Å². The Morgan fingerprint density at radius 2 is 1.76 bits per heavy atom. The number of hydrogen-bond acceptors (Lipinski definition) is 7. The fourth-order valence-electron chi connectivity index (χ4n) is 3.63. The number of morpholine rings is 1. The number of nitrogens with zero attached hydrogens (tertiary/aromatic N) is 2. The quantitative estimate of drug-likeness (QED) is 0.622. The maximum Gasteiger partial charge on any atom is 0.255 e. The lowest BCUT2D eigenvalue weighted by Crippen LogP contribution is -2.50. The zero-order chi connectivity index (χ0) is 24.3. The molecular formula is C22H24N4O7S. The Labute approximate surface area is 196 Å². The van der Waals surface area contributed by atoms with Gasteiger partial charge in [-0.1, -0.05) is 0 Å². The fourth-order valence-corrected chi connectivity index (χ4v) is 5.22. The summed E-state index contributed by atoms with van der Waals surface area (Å²) in [5, 5.41) is 3.84. The number of benzene rings is 2. The smallest absolute Gasteiger partial charge is 0.255 e. The molecule has 12 heteroatoms. The van der Waals surface area contributed by atoms with Crippen molar-refractivity contribution in [3.8, 4) is 5.75 Å². The summed E-state index contributed by atoms with van der Waals surface area (Å²) in [5.41, 5.74) is 3.48. The first-order valence-corrected chi connectivity index (χ1v) is 12.0. The lowest BCUT2D eigenvalue weighted by Gasteiger charge is -2.27. The minimum absolute atomic E-state index is 0.0515. The van der Waals surface area contributed by atoms with Gasteiger partial charge in [-0.15, -0.1) is 0 Å². The number of amides is 3. The van der Waals surface area contributed by atoms with Crippen molar-refractivity contribution < 1.29 is 32.3 Å². The number of nitrogens with one attached hydrogen (secondary N) is 2. The second-order valence-corrected chi connectivity index (χ2v) is 9.55. The van der Waals surface area contributed by atoms with E-state index < -0.39 is 15.9 Å². The molecule has 0 saturated carbocycles. The Kier molecular flexibility index (Phi) is 6.82. The van der Waals surface area contributed by atoms with Crippen LogP contribution >= 0.6 is 0 Å². The van der Waals surface area contributed by atoms with E-state index in [-0.39, 0.29) is 59.6 Å². The normalized spacial score (nSPS) is 17.3. The molecule has 2 fully saturated rings. The molecule has 2 aliphatic rings. The van der Waals surface area contributed by atoms with Crippen LogP contribution in [0.25, 0.3) is 0 Å². The van der Waals surface area contributed by atoms with E-state index in [0.29, 0.717) is 18.9 Å². The molecule has 0 bridgehead atoms. The van der Waals surface area contributed by atoms with Crippen LogP contribution in [0.5, 0.6) is 5.75 Å². The molecule has 0 atom stereocenters. The number of hydrazine groups is 1. The third-order valence-corrected chi connectivity index (χ3v) is 7.37. The Bertz CT molecular complexity index is 1210. The fraction of sp³-hybridized carbons (Fsp3) is 0.318. The number of anilines is 2. The number of sulfonamides is 1. The lowest BCUT2D eigenvalue weighted by molar-refractivity contribution is -0.130. The molecule has 4 rings (SSSR count). The summed E-state index contributed by atoms with van der Waals surface area (Å²) in [7, 11) is -2.47. The molecule has 0 spiro atoms. The molecule has 180 valence electrons. The first-order valence-electron chi connectivity index (χ1n) is 10.6. The van der Waals surface area contributed by atoms with E-state index in [2.05, 4.69) is 10.7 Å². The molecule has 2 heterocycles. The Morgan fingerprint density at radius 3 is 2.44 bits per heavy atom. The second kappa shape index (κ2) is 9.79. The van der Waals surface area contributed by atoms with Crippen molar-refractivity contribution >= 4 is 39.1 Å². The van der Waals surface area contributed by atoms with Crippen molar-refractivity contribution in [1.82, 2.24) is 9.73 Å². The molecule has 0 aromatic heterocycles. The minimum atomic E-state index is -3.85. The van der Waals surface area contributed by atoms with Gasteiger partial charge in [0.05, 0.1) is 26.0 Å². The maximum absolute atomic E-state index is 13.1. The summed E-state index contributed by atoms with van der Waals surface area (Å²) in [6, 6.07) is 10.5. The van der Waals surface area contributed by atoms with Gasteiger partial charge in [0.1, 0.15) is 10.6 Å². The van der Waals surface area contributed by atoms with Crippen LogP contribution in [-0.4, -0.2) is 63.9 Å². The third-order valence-electron chi connectivity index (χ3n) is 5.45. The molecule has 2 N–H and O–H groups in total. The highest BCUT2D eigenvalue weighted by atomic mass is 32.2. The van der Waals surface area contributed by atoms with Crippen molar-refractivity contribution in [3.05, 3.63) is 48.0 Å². The van der Waals surface area contributed by atoms with Crippen LogP contribution in [-0.2, 0) is 24.3 Å². The van der Waals surface area contributed by atoms with Gasteiger partial charge < -0.3 is 14.8 Å². The maximum atomic E-state index is 13.1. The first-order chi connectivity index (χ1) is 16.3. The van der Waals surface area contributed by atoms with Crippen LogP contribution in [0.15, 0.2) is 47.4 Å². The highest BCUT2D eigenvalue weighted by Gasteiger charge is 2.30. The molecule has 3 amide bonds. The Balaban J connectivity index is 1.52. The number of carbonyl (C=O) groups excluding carboxylic acids is 3. The molecule has 0 aliphatic carbocycles. The highest BCUT2D eigenvalue weighted by Crippen LogP contribution is 2.30. The molecule has 2 aliphatic heterocycles. The zero-order valence-corrected chi connectivity index (χ0v) is 19.3. The van der Waals surface area contributed by atoms with E-state index in [9.17, 15) is 22.8 Å². The predicted octanol–water partition coefficient (Wildman–Crippen LogP) is 1.13. The average Bonchev–Trinajstić information content (AvgIpc) is 2.86. The zero-order valence-electron chi connectivity index (χ0n) is 18.4. The van der Waals surface area contributed by atoms with E-state index in [4.69, 9.17) is 9.47 Å². The molecule has 34 heavy (non-hydrogen) atoms. The van der Waals surface area contributed by atoms with Crippen LogP contribution in [0.4, 0.5) is 11.4 Å². The largest absolute Gasteiger partial charge is 0.495 e. The van der Waals surface area contributed by atoms with Crippen molar-refractivity contribution in [2.45, 2.75) is 17.7 Å². The van der Waals surface area contributed by atoms with Crippen molar-refractivity contribution in [1.29, 1.82) is 0 Å². The number of methoxy groups -OCH3 is 1. The lowest BCUT2D eigenvalue weighted by atomic mass is 10.1. The average molecular weight is 489 g/mol. The molecule has 2 aromatic rings. The minimum Gasteiger partial charge on any atom is -0.495 e. The standard InChI is InChI=1S/C22H24N4O7S/c1-32-18-7-4-16(14-19(18)34(30,31)25-10-12-33-13-11-25)23-22(29)15-2-5-17(6-3-15)26-21(28)9-8-20(27)24-26/h2-7,14H,8-13H2,1H3,(H,23,29)(H,24,27). The summed E-state index contributed by atoms with van der Waals surface area (Å²) in [4.78, 5) is 36.3. The summed E-state index contributed by atoms with van der Waals surface area (Å²) in [6.45, 7) is 1.07. The van der Waals surface area contributed by atoms with E-state index in [1.54, 1.807) is 18.2 Å². The molecule has 0 radical (unpaired) electrons. The van der Waals surface area contributed by atoms with E-state index in [1.165, 1.54) is 35.7 Å². The third kappa shape index (κ3) is 4.88. The van der Waals surface area contributed by atoms with E-state index >= 15 is 0 Å². The van der Waals surface area contributed by atoms with Gasteiger partial charge in [0, 0.05) is 37.2 Å². The van der Waals surface area contributed by atoms with Gasteiger partial charge in [-0.25, -0.2) is 13.4 Å². The van der Waals surface area contributed by atoms with Gasteiger partial charge in [-0.2, -0.15) is 4.31 Å². The Hall–Kier alpha value is -3.48. The van der Waals surface area contributed by atoms with Crippen molar-refractivity contribution in [3.63, 3.8) is 0 Å². The first kappa shape index (κ1) is 23.7. The number of ether oxygens (including phenoxy) is 2. The summed E-state index contributed by atoms with van der Waals surface area (Å²) < 4.78 is 38.1. The van der Waals surface area contributed by atoms with Crippen LogP contribution < -0.4 is 20.5 Å². The van der Waals surface area contributed by atoms with E-state index in [1.807, 2.05) is 0 Å². The van der Waals surface area contributed by atoms with Gasteiger partial charge in [0.25, 0.3) is 5.91 Å². The number of rotatable bonds is 6. The van der Waals surface area contributed by atoms with Crippen LogP contribution in [0.1, 0.15) is 23.2 Å². The van der Waals surface area contributed by atoms with Crippen molar-refractivity contribution in [2.75, 3.05) is 43.7 Å². The molecular weight excluding hydrogens is 464 g/mol. The second-order valence-electron chi connectivity index (χ2n) is 7.65. The summed E-state index contributed by atoms with van der Waals surface area (Å²) in [6.07, 6.45) is 0.252. The molecule has 2 saturated heterocycles. The topological polar surface area (TPSA) is 134 Å². The highest BCUT2D eigenvalue weighted by molar-refractivity contribution is 7.89. The van der Waals surface area contributed by atoms with Gasteiger partial charge in [0.15, 0.2) is 0 Å².